The number of H-pyrrole nitrogens is 1. The third-order valence-corrected chi connectivity index (χ3v) is 5.76. The second-order valence-electron chi connectivity index (χ2n) is 7.52. The molecule has 30 heavy (non-hydrogen) atoms. The molecule has 2 aromatic heterocycles. The van der Waals surface area contributed by atoms with Crippen molar-refractivity contribution in [3.63, 3.8) is 0 Å². The van der Waals surface area contributed by atoms with E-state index in [-0.39, 0.29) is 16.8 Å². The van der Waals surface area contributed by atoms with E-state index >= 15 is 0 Å². The lowest BCUT2D eigenvalue weighted by atomic mass is 10.0. The summed E-state index contributed by atoms with van der Waals surface area (Å²) in [5, 5.41) is 11.1. The van der Waals surface area contributed by atoms with Crippen LogP contribution in [0, 0.1) is 5.82 Å². The van der Waals surface area contributed by atoms with E-state index in [1.165, 1.54) is 18.4 Å². The lowest BCUT2D eigenvalue weighted by Crippen LogP contribution is -2.09. The fraction of sp³-hybridized carbons (Fsp3) is 0.182. The Morgan fingerprint density at radius 2 is 1.83 bits per heavy atom. The van der Waals surface area contributed by atoms with Crippen LogP contribution < -0.4 is 5.32 Å². The summed E-state index contributed by atoms with van der Waals surface area (Å²) in [5.41, 5.74) is 3.92. The molecule has 0 fully saturated rings. The van der Waals surface area contributed by atoms with Crippen LogP contribution in [0.25, 0.3) is 33.4 Å². The summed E-state index contributed by atoms with van der Waals surface area (Å²) < 4.78 is 38.0. The first-order valence-electron chi connectivity index (χ1n) is 9.43. The highest BCUT2D eigenvalue weighted by atomic mass is 32.2. The van der Waals surface area contributed by atoms with Crippen LogP contribution in [0.5, 0.6) is 0 Å². The number of hydrogen-bond donors (Lipinski definition) is 2. The predicted molar refractivity (Wildman–Crippen MR) is 117 cm³/mol. The van der Waals surface area contributed by atoms with Gasteiger partial charge < -0.3 is 5.32 Å². The number of fused-ring (bicyclic) bond motifs is 1. The van der Waals surface area contributed by atoms with Crippen molar-refractivity contribution in [3.8, 4) is 22.4 Å². The van der Waals surface area contributed by atoms with E-state index in [1.54, 1.807) is 24.4 Å². The van der Waals surface area contributed by atoms with Gasteiger partial charge in [-0.1, -0.05) is 12.1 Å². The van der Waals surface area contributed by atoms with Crippen molar-refractivity contribution < 1.29 is 12.8 Å². The van der Waals surface area contributed by atoms with Gasteiger partial charge in [-0.25, -0.2) is 17.8 Å². The van der Waals surface area contributed by atoms with Gasteiger partial charge in [0.1, 0.15) is 5.82 Å². The van der Waals surface area contributed by atoms with E-state index < -0.39 is 9.84 Å². The molecule has 0 unspecified atom stereocenters. The lowest BCUT2D eigenvalue weighted by Gasteiger charge is -2.11. The van der Waals surface area contributed by atoms with E-state index in [0.29, 0.717) is 22.6 Å². The summed E-state index contributed by atoms with van der Waals surface area (Å²) in [6.07, 6.45) is 2.82. The average Bonchev–Trinajstić information content (AvgIpc) is 3.09. The minimum Gasteiger partial charge on any atom is -0.383 e. The zero-order valence-electron chi connectivity index (χ0n) is 16.8. The van der Waals surface area contributed by atoms with Crippen LogP contribution >= 0.6 is 0 Å². The Bertz CT molecular complexity index is 1350. The number of aromatic amines is 1. The number of benzene rings is 2. The molecule has 2 N–H and O–H groups in total. The Morgan fingerprint density at radius 3 is 2.57 bits per heavy atom. The molecule has 0 aliphatic carbocycles. The number of aromatic nitrogens is 3. The number of halogens is 1. The highest BCUT2D eigenvalue weighted by molar-refractivity contribution is 7.90. The van der Waals surface area contributed by atoms with E-state index in [2.05, 4.69) is 20.5 Å². The van der Waals surface area contributed by atoms with Crippen LogP contribution in [0.4, 0.5) is 10.1 Å². The summed E-state index contributed by atoms with van der Waals surface area (Å²) in [4.78, 5) is 4.63. The molecule has 0 aliphatic heterocycles. The van der Waals surface area contributed by atoms with Crippen LogP contribution in [0.2, 0.25) is 0 Å². The third kappa shape index (κ3) is 4.04. The van der Waals surface area contributed by atoms with Crippen LogP contribution in [-0.2, 0) is 9.84 Å². The fourth-order valence-corrected chi connectivity index (χ4v) is 4.00. The Labute approximate surface area is 174 Å². The second-order valence-corrected chi connectivity index (χ2v) is 9.54. The van der Waals surface area contributed by atoms with Crippen molar-refractivity contribution >= 4 is 26.6 Å². The molecule has 0 bridgehead atoms. The molecule has 4 aromatic rings. The summed E-state index contributed by atoms with van der Waals surface area (Å²) in [6.45, 7) is 3.97. The molecule has 0 atom stereocenters. The fourth-order valence-electron chi connectivity index (χ4n) is 3.33. The smallest absolute Gasteiger partial charge is 0.181 e. The zero-order valence-corrected chi connectivity index (χ0v) is 17.6. The first kappa shape index (κ1) is 20.0. The van der Waals surface area contributed by atoms with Gasteiger partial charge in [-0.2, -0.15) is 5.10 Å². The summed E-state index contributed by atoms with van der Waals surface area (Å²) in [7, 11) is -3.32. The van der Waals surface area contributed by atoms with Crippen molar-refractivity contribution in [1.29, 1.82) is 0 Å². The number of sulfone groups is 1. The highest BCUT2D eigenvalue weighted by Gasteiger charge is 2.14. The molecular weight excluding hydrogens is 403 g/mol. The van der Waals surface area contributed by atoms with Gasteiger partial charge in [0, 0.05) is 40.7 Å². The quantitative estimate of drug-likeness (QED) is 0.487. The maximum Gasteiger partial charge on any atom is 0.181 e. The predicted octanol–water partition coefficient (Wildman–Crippen LogP) is 4.65. The van der Waals surface area contributed by atoms with Crippen molar-refractivity contribution in [2.24, 2.45) is 0 Å². The van der Waals surface area contributed by atoms with Crippen LogP contribution in [0.15, 0.2) is 59.6 Å². The summed E-state index contributed by atoms with van der Waals surface area (Å²) in [5.74, 6) is -0.358. The first-order valence-corrected chi connectivity index (χ1v) is 11.3. The highest BCUT2D eigenvalue weighted by Crippen LogP contribution is 2.31. The van der Waals surface area contributed by atoms with Gasteiger partial charge in [0.25, 0.3) is 0 Å². The van der Waals surface area contributed by atoms with Crippen molar-refractivity contribution in [2.75, 3.05) is 11.6 Å². The topological polar surface area (TPSA) is 87.7 Å². The SMILES string of the molecule is CC(C)Nc1cc(F)cc(-c2[nH]nc3ncc(-c4cccc(S(C)(=O)=O)c4)cc23)c1. The molecule has 0 spiro atoms. The molecule has 0 amide bonds. The monoisotopic (exact) mass is 424 g/mol. The maximum atomic E-state index is 14.2. The van der Waals surface area contributed by atoms with E-state index in [9.17, 15) is 12.8 Å². The number of pyridine rings is 1. The third-order valence-electron chi connectivity index (χ3n) is 4.65. The summed E-state index contributed by atoms with van der Waals surface area (Å²) >= 11 is 0. The van der Waals surface area contributed by atoms with Gasteiger partial charge in [-0.05, 0) is 55.8 Å². The number of nitrogens with zero attached hydrogens (tertiary/aromatic N) is 2. The molecule has 8 heteroatoms. The Hall–Kier alpha value is -3.26. The van der Waals surface area contributed by atoms with Gasteiger partial charge in [0.15, 0.2) is 15.5 Å². The second kappa shape index (κ2) is 7.53. The number of nitrogens with one attached hydrogen (secondary N) is 2. The minimum absolute atomic E-state index is 0.161. The van der Waals surface area contributed by atoms with Crippen molar-refractivity contribution in [3.05, 3.63) is 60.5 Å². The molecule has 0 saturated heterocycles. The molecule has 2 aromatic carbocycles. The lowest BCUT2D eigenvalue weighted by molar-refractivity contribution is 0.602. The molecule has 0 radical (unpaired) electrons. The largest absolute Gasteiger partial charge is 0.383 e. The normalized spacial score (nSPS) is 11.9. The van der Waals surface area contributed by atoms with Crippen molar-refractivity contribution in [2.45, 2.75) is 24.8 Å². The van der Waals surface area contributed by atoms with E-state index in [1.807, 2.05) is 32.0 Å². The Balaban J connectivity index is 1.83. The number of rotatable bonds is 5. The first-order chi connectivity index (χ1) is 14.2. The minimum atomic E-state index is -3.32. The Morgan fingerprint density at radius 1 is 1.03 bits per heavy atom. The average molecular weight is 425 g/mol. The van der Waals surface area contributed by atoms with Gasteiger partial charge in [0.05, 0.1) is 10.6 Å². The standard InChI is InChI=1S/C22H21FN4O2S/c1-13(2)25-18-8-15(7-17(23)11-18)21-20-10-16(12-24-22(20)27-26-21)14-5-4-6-19(9-14)30(3,28)29/h4-13,25H,1-3H3,(H,24,26,27). The van der Waals surface area contributed by atoms with Crippen molar-refractivity contribution in [1.82, 2.24) is 15.2 Å². The van der Waals surface area contributed by atoms with Crippen LogP contribution in [0.1, 0.15) is 13.8 Å². The molecule has 4 rings (SSSR count). The van der Waals surface area contributed by atoms with Crippen LogP contribution in [0.3, 0.4) is 0 Å². The molecule has 0 aliphatic rings. The molecular formula is C22H21FN4O2S. The van der Waals surface area contributed by atoms with E-state index in [0.717, 1.165) is 16.5 Å². The zero-order chi connectivity index (χ0) is 21.5. The van der Waals surface area contributed by atoms with Gasteiger partial charge >= 0.3 is 0 Å². The van der Waals surface area contributed by atoms with Gasteiger partial charge in [0.2, 0.25) is 0 Å². The van der Waals surface area contributed by atoms with Gasteiger partial charge in [-0.15, -0.1) is 0 Å². The number of hydrogen-bond acceptors (Lipinski definition) is 5. The summed E-state index contributed by atoms with van der Waals surface area (Å²) in [6, 6.07) is 13.5. The molecule has 0 saturated carbocycles. The Kier molecular flexibility index (Phi) is 5.03. The molecule has 154 valence electrons. The van der Waals surface area contributed by atoms with Gasteiger partial charge in [-0.3, -0.25) is 5.10 Å². The number of anilines is 1. The van der Waals surface area contributed by atoms with E-state index in [4.69, 9.17) is 0 Å². The maximum absolute atomic E-state index is 14.2. The molecule has 6 nitrogen and oxygen atoms in total. The molecule has 2 heterocycles. The van der Waals surface area contributed by atoms with Crippen LogP contribution in [-0.4, -0.2) is 35.9 Å².